The molecule has 6 heteroatoms. The lowest BCUT2D eigenvalue weighted by molar-refractivity contribution is 0.0692. The van der Waals surface area contributed by atoms with Crippen molar-refractivity contribution in [2.24, 2.45) is 0 Å². The number of nitrogen functional groups attached to an aromatic ring is 1. The minimum absolute atomic E-state index is 0.266. The highest BCUT2D eigenvalue weighted by molar-refractivity contribution is 8.01. The Morgan fingerprint density at radius 2 is 2.24 bits per heavy atom. The van der Waals surface area contributed by atoms with Gasteiger partial charge in [-0.25, -0.2) is 9.18 Å². The number of carbonyl (C=O) groups is 1. The Morgan fingerprint density at radius 1 is 1.47 bits per heavy atom. The van der Waals surface area contributed by atoms with E-state index in [1.807, 2.05) is 17.5 Å². The molecule has 0 aliphatic heterocycles. The number of thiophene rings is 1. The summed E-state index contributed by atoms with van der Waals surface area (Å²) in [5.41, 5.74) is 5.56. The molecule has 2 rings (SSSR count). The molecule has 88 valence electrons. The van der Waals surface area contributed by atoms with Gasteiger partial charge >= 0.3 is 5.97 Å². The largest absolute Gasteiger partial charge is 0.478 e. The first-order valence-electron chi connectivity index (χ1n) is 4.61. The fraction of sp³-hybridized carbons (Fsp3) is 0. The molecule has 2 aromatic rings. The van der Waals surface area contributed by atoms with Crippen molar-refractivity contribution in [3.63, 3.8) is 0 Å². The zero-order valence-electron chi connectivity index (χ0n) is 8.51. The molecule has 3 N–H and O–H groups in total. The van der Waals surface area contributed by atoms with Gasteiger partial charge in [0.15, 0.2) is 0 Å². The molecular weight excluding hydrogens is 261 g/mol. The van der Waals surface area contributed by atoms with E-state index in [0.717, 1.165) is 16.3 Å². The van der Waals surface area contributed by atoms with E-state index in [9.17, 15) is 9.18 Å². The maximum atomic E-state index is 13.5. The van der Waals surface area contributed by atoms with Crippen molar-refractivity contribution < 1.29 is 14.3 Å². The van der Waals surface area contributed by atoms with E-state index < -0.39 is 17.3 Å². The van der Waals surface area contributed by atoms with E-state index in [1.54, 1.807) is 0 Å². The van der Waals surface area contributed by atoms with Gasteiger partial charge in [-0.15, -0.1) is 11.3 Å². The van der Waals surface area contributed by atoms with Crippen LogP contribution in [0.15, 0.2) is 38.8 Å². The van der Waals surface area contributed by atoms with E-state index in [2.05, 4.69) is 0 Å². The van der Waals surface area contributed by atoms with Crippen LogP contribution in [0.2, 0.25) is 0 Å². The molecule has 0 saturated heterocycles. The Morgan fingerprint density at radius 3 is 2.82 bits per heavy atom. The molecule has 1 aromatic heterocycles. The number of halogens is 1. The SMILES string of the molecule is Nc1cc(C(=O)O)c(F)cc1Sc1cccs1. The van der Waals surface area contributed by atoms with Crippen LogP contribution in [0.1, 0.15) is 10.4 Å². The summed E-state index contributed by atoms with van der Waals surface area (Å²) in [5, 5.41) is 10.6. The molecule has 0 radical (unpaired) electrons. The van der Waals surface area contributed by atoms with E-state index in [-0.39, 0.29) is 5.69 Å². The van der Waals surface area contributed by atoms with Crippen LogP contribution in [0, 0.1) is 5.82 Å². The Labute approximate surface area is 105 Å². The summed E-state index contributed by atoms with van der Waals surface area (Å²) in [6.07, 6.45) is 0. The molecule has 17 heavy (non-hydrogen) atoms. The quantitative estimate of drug-likeness (QED) is 0.839. The van der Waals surface area contributed by atoms with Crippen LogP contribution in [0.3, 0.4) is 0 Å². The molecule has 0 fully saturated rings. The van der Waals surface area contributed by atoms with Gasteiger partial charge in [-0.3, -0.25) is 0 Å². The second-order valence-corrected chi connectivity index (χ2v) is 5.50. The fourth-order valence-electron chi connectivity index (χ4n) is 1.25. The van der Waals surface area contributed by atoms with Gasteiger partial charge in [0.05, 0.1) is 9.77 Å². The Balaban J connectivity index is 2.36. The predicted molar refractivity (Wildman–Crippen MR) is 66.2 cm³/mol. The number of nitrogens with two attached hydrogens (primary N) is 1. The lowest BCUT2D eigenvalue weighted by atomic mass is 10.2. The zero-order valence-corrected chi connectivity index (χ0v) is 10.1. The average Bonchev–Trinajstić information content (AvgIpc) is 2.75. The second kappa shape index (κ2) is 4.77. The summed E-state index contributed by atoms with van der Waals surface area (Å²) in [6, 6.07) is 6.07. The molecule has 0 unspecified atom stereocenters. The maximum Gasteiger partial charge on any atom is 0.338 e. The molecule has 1 aromatic carbocycles. The van der Waals surface area contributed by atoms with Crippen molar-refractivity contribution in [2.75, 3.05) is 5.73 Å². The summed E-state index contributed by atoms with van der Waals surface area (Å²) >= 11 is 2.83. The highest BCUT2D eigenvalue weighted by Gasteiger charge is 2.14. The van der Waals surface area contributed by atoms with Crippen LogP contribution < -0.4 is 5.73 Å². The maximum absolute atomic E-state index is 13.5. The lowest BCUT2D eigenvalue weighted by Crippen LogP contribution is -2.02. The first-order valence-corrected chi connectivity index (χ1v) is 6.31. The minimum Gasteiger partial charge on any atom is -0.478 e. The van der Waals surface area contributed by atoms with Gasteiger partial charge < -0.3 is 10.8 Å². The number of carboxylic acids is 1. The van der Waals surface area contributed by atoms with Crippen LogP contribution in [0.4, 0.5) is 10.1 Å². The predicted octanol–water partition coefficient (Wildman–Crippen LogP) is 3.32. The van der Waals surface area contributed by atoms with Crippen molar-refractivity contribution in [1.29, 1.82) is 0 Å². The van der Waals surface area contributed by atoms with E-state index in [1.165, 1.54) is 23.1 Å². The Hall–Kier alpha value is -1.53. The third kappa shape index (κ3) is 2.59. The molecule has 0 aliphatic rings. The normalized spacial score (nSPS) is 10.4. The van der Waals surface area contributed by atoms with Crippen molar-refractivity contribution in [1.82, 2.24) is 0 Å². The molecule has 0 aliphatic carbocycles. The van der Waals surface area contributed by atoms with E-state index >= 15 is 0 Å². The van der Waals surface area contributed by atoms with Gasteiger partial charge in [0.25, 0.3) is 0 Å². The van der Waals surface area contributed by atoms with Gasteiger partial charge in [0.2, 0.25) is 0 Å². The van der Waals surface area contributed by atoms with E-state index in [0.29, 0.717) is 4.90 Å². The van der Waals surface area contributed by atoms with Crippen molar-refractivity contribution in [3.8, 4) is 0 Å². The van der Waals surface area contributed by atoms with Crippen LogP contribution >= 0.6 is 23.1 Å². The topological polar surface area (TPSA) is 63.3 Å². The summed E-state index contributed by atoms with van der Waals surface area (Å²) in [4.78, 5) is 11.2. The Kier molecular flexibility index (Phi) is 3.35. The molecular formula is C11H8FNO2S2. The van der Waals surface area contributed by atoms with Gasteiger partial charge in [-0.2, -0.15) is 0 Å². The smallest absolute Gasteiger partial charge is 0.338 e. The molecule has 0 bridgehead atoms. The molecule has 3 nitrogen and oxygen atoms in total. The highest BCUT2D eigenvalue weighted by atomic mass is 32.2. The third-order valence-electron chi connectivity index (χ3n) is 2.04. The summed E-state index contributed by atoms with van der Waals surface area (Å²) in [6.45, 7) is 0. The molecule has 0 amide bonds. The summed E-state index contributed by atoms with van der Waals surface area (Å²) in [5.74, 6) is -2.09. The molecule has 0 spiro atoms. The first kappa shape index (κ1) is 11.9. The van der Waals surface area contributed by atoms with E-state index in [4.69, 9.17) is 10.8 Å². The molecule has 1 heterocycles. The van der Waals surface area contributed by atoms with Gasteiger partial charge in [0, 0.05) is 10.6 Å². The number of aromatic carboxylic acids is 1. The molecule has 0 atom stereocenters. The number of rotatable bonds is 3. The monoisotopic (exact) mass is 269 g/mol. The zero-order chi connectivity index (χ0) is 12.4. The summed E-state index contributed by atoms with van der Waals surface area (Å²) in [7, 11) is 0. The first-order chi connectivity index (χ1) is 8.08. The van der Waals surface area contributed by atoms with Gasteiger partial charge in [0.1, 0.15) is 5.82 Å². The number of hydrogen-bond acceptors (Lipinski definition) is 4. The summed E-state index contributed by atoms with van der Waals surface area (Å²) < 4.78 is 14.4. The van der Waals surface area contributed by atoms with Crippen LogP contribution in [-0.2, 0) is 0 Å². The highest BCUT2D eigenvalue weighted by Crippen LogP contribution is 2.35. The lowest BCUT2D eigenvalue weighted by Gasteiger charge is -2.06. The van der Waals surface area contributed by atoms with Crippen molar-refractivity contribution in [2.45, 2.75) is 9.10 Å². The number of benzene rings is 1. The van der Waals surface area contributed by atoms with Gasteiger partial charge in [-0.05, 0) is 23.6 Å². The average molecular weight is 269 g/mol. The molecule has 0 saturated carbocycles. The van der Waals surface area contributed by atoms with Crippen LogP contribution in [0.5, 0.6) is 0 Å². The standard InChI is InChI=1S/C11H8FNO2S2/c12-7-5-9(17-10-2-1-3-16-10)8(13)4-6(7)11(14)15/h1-5H,13H2,(H,14,15). The van der Waals surface area contributed by atoms with Crippen molar-refractivity contribution >= 4 is 34.8 Å². The van der Waals surface area contributed by atoms with Crippen LogP contribution in [-0.4, -0.2) is 11.1 Å². The Bertz CT molecular complexity index is 555. The second-order valence-electron chi connectivity index (χ2n) is 3.21. The number of carboxylic acid groups (broad SMARTS) is 1. The van der Waals surface area contributed by atoms with Crippen LogP contribution in [0.25, 0.3) is 0 Å². The number of hydrogen-bond donors (Lipinski definition) is 2. The fourth-order valence-corrected chi connectivity index (χ4v) is 3.03. The van der Waals surface area contributed by atoms with Crippen molar-refractivity contribution in [3.05, 3.63) is 41.0 Å². The number of anilines is 1. The van der Waals surface area contributed by atoms with Gasteiger partial charge in [-0.1, -0.05) is 17.8 Å². The third-order valence-corrected chi connectivity index (χ3v) is 4.15. The minimum atomic E-state index is -1.32.